The summed E-state index contributed by atoms with van der Waals surface area (Å²) in [6.07, 6.45) is 0. The Balaban J connectivity index is 1.25. The fourth-order valence-electron chi connectivity index (χ4n) is 7.26. The lowest BCUT2D eigenvalue weighted by Crippen LogP contribution is -2.10. The van der Waals surface area contributed by atoms with Crippen molar-refractivity contribution in [1.82, 2.24) is 0 Å². The highest BCUT2D eigenvalue weighted by Crippen LogP contribution is 2.45. The van der Waals surface area contributed by atoms with Crippen molar-refractivity contribution in [3.63, 3.8) is 0 Å². The van der Waals surface area contributed by atoms with Crippen LogP contribution in [0, 0.1) is 0 Å². The molecule has 0 atom stereocenters. The third-order valence-corrected chi connectivity index (χ3v) is 9.62. The zero-order chi connectivity index (χ0) is 30.3. The molecule has 0 aliphatic carbocycles. The number of fused-ring (bicyclic) bond motifs is 3. The van der Waals surface area contributed by atoms with Crippen LogP contribution in [0.5, 0.6) is 0 Å². The number of benzene rings is 8. The van der Waals surface area contributed by atoms with Crippen molar-refractivity contribution < 1.29 is 4.42 Å². The average Bonchev–Trinajstić information content (AvgIpc) is 3.46. The Kier molecular flexibility index (Phi) is 5.53. The van der Waals surface area contributed by atoms with Gasteiger partial charge in [-0.2, -0.15) is 0 Å². The topological polar surface area (TPSA) is 13.1 Å². The minimum atomic E-state index is 0.112. The van der Waals surface area contributed by atoms with Crippen LogP contribution in [0.4, 0.5) is 0 Å². The number of hydrogen-bond donors (Lipinski definition) is 0. The van der Waals surface area contributed by atoms with Gasteiger partial charge in [-0.25, -0.2) is 0 Å². The molecule has 0 amide bonds. The molecule has 0 N–H and O–H groups in total. The highest BCUT2D eigenvalue weighted by atomic mass is 16.3. The van der Waals surface area contributed by atoms with E-state index in [2.05, 4.69) is 148 Å². The maximum Gasteiger partial charge on any atom is 0.143 e. The lowest BCUT2D eigenvalue weighted by Gasteiger charge is -2.21. The van der Waals surface area contributed by atoms with Crippen LogP contribution in [0.1, 0.15) is 26.3 Å². The van der Waals surface area contributed by atoms with Gasteiger partial charge in [0, 0.05) is 16.3 Å². The maximum absolute atomic E-state index is 6.37. The van der Waals surface area contributed by atoms with Gasteiger partial charge in [-0.1, -0.05) is 148 Å². The summed E-state index contributed by atoms with van der Waals surface area (Å²) >= 11 is 0. The normalized spacial score (nSPS) is 12.3. The Morgan fingerprint density at radius 1 is 0.422 bits per heavy atom. The minimum absolute atomic E-state index is 0.112. The van der Waals surface area contributed by atoms with Gasteiger partial charge >= 0.3 is 0 Å². The van der Waals surface area contributed by atoms with Crippen molar-refractivity contribution in [3.8, 4) is 33.4 Å². The average molecular weight is 577 g/mol. The second kappa shape index (κ2) is 9.55. The van der Waals surface area contributed by atoms with Gasteiger partial charge in [0.25, 0.3) is 0 Å². The summed E-state index contributed by atoms with van der Waals surface area (Å²) in [4.78, 5) is 0. The van der Waals surface area contributed by atoms with Crippen LogP contribution >= 0.6 is 0 Å². The Hall–Kier alpha value is -5.40. The molecule has 1 nitrogen and oxygen atoms in total. The minimum Gasteiger partial charge on any atom is -0.455 e. The molecule has 0 aliphatic rings. The molecule has 0 fully saturated rings. The van der Waals surface area contributed by atoms with Gasteiger partial charge in [-0.05, 0) is 83.2 Å². The van der Waals surface area contributed by atoms with E-state index in [1.807, 2.05) is 12.1 Å². The molecular weight excluding hydrogens is 544 g/mol. The van der Waals surface area contributed by atoms with Gasteiger partial charge in [0.2, 0.25) is 0 Å². The summed E-state index contributed by atoms with van der Waals surface area (Å²) in [6.45, 7) is 6.82. The molecule has 1 heteroatoms. The summed E-state index contributed by atoms with van der Waals surface area (Å²) < 4.78 is 6.37. The van der Waals surface area contributed by atoms with E-state index < -0.39 is 0 Å². The van der Waals surface area contributed by atoms with Crippen LogP contribution in [0.3, 0.4) is 0 Å². The molecule has 0 radical (unpaired) electrons. The van der Waals surface area contributed by atoms with E-state index >= 15 is 0 Å². The molecule has 9 aromatic rings. The van der Waals surface area contributed by atoms with Gasteiger partial charge in [-0.15, -0.1) is 0 Å². The Morgan fingerprint density at radius 2 is 0.978 bits per heavy atom. The van der Waals surface area contributed by atoms with Gasteiger partial charge < -0.3 is 4.42 Å². The molecule has 0 spiro atoms. The quantitative estimate of drug-likeness (QED) is 0.191. The molecule has 0 saturated carbocycles. The molecular formula is C44H32O. The summed E-state index contributed by atoms with van der Waals surface area (Å²) in [5.74, 6) is 0. The van der Waals surface area contributed by atoms with Gasteiger partial charge in [0.15, 0.2) is 0 Å². The highest BCUT2D eigenvalue weighted by Gasteiger charge is 2.19. The molecule has 0 unspecified atom stereocenters. The fraction of sp³-hybridized carbons (Fsp3) is 0.0909. The molecule has 45 heavy (non-hydrogen) atoms. The predicted molar refractivity (Wildman–Crippen MR) is 192 cm³/mol. The maximum atomic E-state index is 6.37. The zero-order valence-corrected chi connectivity index (χ0v) is 25.7. The van der Waals surface area contributed by atoms with Crippen LogP contribution in [-0.4, -0.2) is 0 Å². The van der Waals surface area contributed by atoms with E-state index in [1.165, 1.54) is 60.1 Å². The molecule has 0 aliphatic heterocycles. The van der Waals surface area contributed by atoms with Crippen molar-refractivity contribution >= 4 is 54.3 Å². The largest absolute Gasteiger partial charge is 0.455 e. The standard InChI is InChI=1S/C44H32O/c1-44(2,3)32-22-18-29(19-23-32)39-26-38(35-24-20-30-8-6-9-31-21-25-36(39)42(35)41(30)31)28-16-14-27(15-17-28)33-11-7-12-37-34-10-4-5-13-40(34)45-43(33)37/h4-26H,1-3H3. The summed E-state index contributed by atoms with van der Waals surface area (Å²) in [5.41, 5.74) is 10.6. The fourth-order valence-corrected chi connectivity index (χ4v) is 7.26. The molecule has 8 aromatic carbocycles. The second-order valence-corrected chi connectivity index (χ2v) is 13.3. The van der Waals surface area contributed by atoms with Crippen molar-refractivity contribution in [2.24, 2.45) is 0 Å². The zero-order valence-electron chi connectivity index (χ0n) is 25.7. The first-order valence-electron chi connectivity index (χ1n) is 15.8. The summed E-state index contributed by atoms with van der Waals surface area (Å²) in [7, 11) is 0. The first kappa shape index (κ1) is 26.0. The van der Waals surface area contributed by atoms with Crippen LogP contribution in [-0.2, 0) is 5.41 Å². The monoisotopic (exact) mass is 576 g/mol. The Morgan fingerprint density at radius 3 is 1.62 bits per heavy atom. The van der Waals surface area contributed by atoms with Crippen LogP contribution in [0.25, 0.3) is 87.6 Å². The van der Waals surface area contributed by atoms with E-state index in [4.69, 9.17) is 4.42 Å². The molecule has 0 saturated heterocycles. The van der Waals surface area contributed by atoms with Crippen LogP contribution in [0.2, 0.25) is 0 Å². The van der Waals surface area contributed by atoms with Crippen molar-refractivity contribution in [1.29, 1.82) is 0 Å². The summed E-state index contributed by atoms with van der Waals surface area (Å²) in [5, 5.41) is 10.1. The van der Waals surface area contributed by atoms with Crippen LogP contribution in [0.15, 0.2) is 144 Å². The third-order valence-electron chi connectivity index (χ3n) is 9.62. The smallest absolute Gasteiger partial charge is 0.143 e. The third kappa shape index (κ3) is 4.01. The van der Waals surface area contributed by atoms with Gasteiger partial charge in [-0.3, -0.25) is 0 Å². The van der Waals surface area contributed by atoms with Crippen molar-refractivity contribution in [2.75, 3.05) is 0 Å². The summed E-state index contributed by atoms with van der Waals surface area (Å²) in [6, 6.07) is 51.2. The number of furan rings is 1. The van der Waals surface area contributed by atoms with E-state index in [0.717, 1.165) is 33.1 Å². The number of rotatable bonds is 3. The SMILES string of the molecule is CC(C)(C)c1ccc(-c2cc(-c3ccc(-c4cccc5c4oc4ccccc45)cc3)c3ccc4cccc5ccc2c3c45)cc1. The molecule has 1 heterocycles. The predicted octanol–water partition coefficient (Wildman–Crippen LogP) is 12.8. The molecule has 214 valence electrons. The second-order valence-electron chi connectivity index (χ2n) is 13.3. The highest BCUT2D eigenvalue weighted by molar-refractivity contribution is 6.28. The molecule has 9 rings (SSSR count). The Bertz CT molecular complexity index is 2520. The van der Waals surface area contributed by atoms with Gasteiger partial charge in [0.1, 0.15) is 11.2 Å². The Labute approximate surface area is 262 Å². The lowest BCUT2D eigenvalue weighted by molar-refractivity contribution is 0.590. The molecule has 0 bridgehead atoms. The first-order chi connectivity index (χ1) is 21.9. The van der Waals surface area contributed by atoms with E-state index in [1.54, 1.807) is 0 Å². The number of hydrogen-bond acceptors (Lipinski definition) is 1. The molecule has 1 aromatic heterocycles. The van der Waals surface area contributed by atoms with E-state index in [-0.39, 0.29) is 5.41 Å². The van der Waals surface area contributed by atoms with Crippen molar-refractivity contribution in [2.45, 2.75) is 26.2 Å². The van der Waals surface area contributed by atoms with E-state index in [0.29, 0.717) is 0 Å². The van der Waals surface area contributed by atoms with E-state index in [9.17, 15) is 0 Å². The van der Waals surface area contributed by atoms with Gasteiger partial charge in [0.05, 0.1) is 0 Å². The van der Waals surface area contributed by atoms with Crippen molar-refractivity contribution in [3.05, 3.63) is 145 Å². The first-order valence-corrected chi connectivity index (χ1v) is 15.8. The number of para-hydroxylation sites is 2. The lowest BCUT2D eigenvalue weighted by atomic mass is 9.83. The van der Waals surface area contributed by atoms with Crippen LogP contribution < -0.4 is 0 Å².